The van der Waals surface area contributed by atoms with Crippen LogP contribution in [-0.2, 0) is 21.4 Å². The van der Waals surface area contributed by atoms with Gasteiger partial charge < -0.3 is 5.32 Å². The van der Waals surface area contributed by atoms with E-state index in [-0.39, 0.29) is 12.5 Å². The molecule has 1 N–H and O–H groups in total. The molecule has 140 valence electrons. The van der Waals surface area contributed by atoms with E-state index in [1.54, 1.807) is 12.1 Å². The highest BCUT2D eigenvalue weighted by Gasteiger charge is 2.20. The van der Waals surface area contributed by atoms with Crippen LogP contribution in [0.25, 0.3) is 10.8 Å². The van der Waals surface area contributed by atoms with Gasteiger partial charge in [-0.05, 0) is 63.2 Å². The van der Waals surface area contributed by atoms with E-state index < -0.39 is 10.0 Å². The second kappa shape index (κ2) is 8.26. The van der Waals surface area contributed by atoms with E-state index in [1.807, 2.05) is 54.6 Å². The van der Waals surface area contributed by atoms with Gasteiger partial charge in [0.1, 0.15) is 6.54 Å². The fourth-order valence-corrected chi connectivity index (χ4v) is 4.05. The topological polar surface area (TPSA) is 66.5 Å². The molecule has 0 unspecified atom stereocenters. The lowest BCUT2D eigenvalue weighted by molar-refractivity contribution is -0.119. The average molecular weight is 494 g/mol. The van der Waals surface area contributed by atoms with Crippen molar-refractivity contribution >= 4 is 55.0 Å². The highest BCUT2D eigenvalue weighted by molar-refractivity contribution is 14.1. The first-order valence-corrected chi connectivity index (χ1v) is 11.2. The maximum Gasteiger partial charge on any atom is 0.241 e. The average Bonchev–Trinajstić information content (AvgIpc) is 2.64. The predicted molar refractivity (Wildman–Crippen MR) is 117 cm³/mol. The Morgan fingerprint density at radius 1 is 1.00 bits per heavy atom. The van der Waals surface area contributed by atoms with Crippen molar-refractivity contribution in [3.05, 3.63) is 75.9 Å². The molecule has 7 heteroatoms. The van der Waals surface area contributed by atoms with Gasteiger partial charge in [-0.2, -0.15) is 0 Å². The van der Waals surface area contributed by atoms with Crippen molar-refractivity contribution in [1.82, 2.24) is 5.32 Å². The highest BCUT2D eigenvalue weighted by Crippen LogP contribution is 2.20. The molecule has 5 nitrogen and oxygen atoms in total. The van der Waals surface area contributed by atoms with Gasteiger partial charge in [0.2, 0.25) is 15.9 Å². The number of nitrogens with one attached hydrogen (secondary N) is 1. The molecule has 3 rings (SSSR count). The molecule has 0 saturated carbocycles. The van der Waals surface area contributed by atoms with E-state index in [9.17, 15) is 13.2 Å². The Kier molecular flexibility index (Phi) is 6.01. The lowest BCUT2D eigenvalue weighted by Crippen LogP contribution is -2.40. The van der Waals surface area contributed by atoms with Gasteiger partial charge >= 0.3 is 0 Å². The molecule has 1 amide bonds. The molecule has 0 atom stereocenters. The molecule has 0 aliphatic carbocycles. The van der Waals surface area contributed by atoms with E-state index >= 15 is 0 Å². The Labute approximate surface area is 172 Å². The predicted octanol–water partition coefficient (Wildman–Crippen LogP) is 3.53. The quantitative estimate of drug-likeness (QED) is 0.534. The number of carbonyl (C=O) groups excluding carboxylic acids is 1. The molecule has 3 aromatic rings. The van der Waals surface area contributed by atoms with Crippen molar-refractivity contribution in [3.63, 3.8) is 0 Å². The maximum absolute atomic E-state index is 12.4. The molecule has 0 fully saturated rings. The zero-order valence-electron chi connectivity index (χ0n) is 14.7. The van der Waals surface area contributed by atoms with Crippen LogP contribution in [0.15, 0.2) is 66.7 Å². The molecule has 0 bridgehead atoms. The third-order valence-corrected chi connectivity index (χ3v) is 6.02. The Balaban J connectivity index is 1.74. The van der Waals surface area contributed by atoms with Crippen molar-refractivity contribution in [2.45, 2.75) is 6.54 Å². The van der Waals surface area contributed by atoms with Crippen LogP contribution in [0.4, 0.5) is 5.69 Å². The maximum atomic E-state index is 12.4. The van der Waals surface area contributed by atoms with Gasteiger partial charge in [0.05, 0.1) is 11.9 Å². The summed E-state index contributed by atoms with van der Waals surface area (Å²) in [6.07, 6.45) is 1.10. The second-order valence-electron chi connectivity index (χ2n) is 6.16. The number of hydrogen-bond donors (Lipinski definition) is 1. The molecule has 3 aromatic carbocycles. The summed E-state index contributed by atoms with van der Waals surface area (Å²) in [4.78, 5) is 12.4. The minimum atomic E-state index is -3.57. The number of amides is 1. The third-order valence-electron chi connectivity index (χ3n) is 4.16. The lowest BCUT2D eigenvalue weighted by Gasteiger charge is -2.22. The zero-order chi connectivity index (χ0) is 19.4. The molecule has 0 radical (unpaired) electrons. The molecule has 0 saturated heterocycles. The van der Waals surface area contributed by atoms with Gasteiger partial charge in [-0.15, -0.1) is 0 Å². The number of nitrogens with zero attached hydrogens (tertiary/aromatic N) is 1. The lowest BCUT2D eigenvalue weighted by atomic mass is 10.0. The molecule has 0 aromatic heterocycles. The highest BCUT2D eigenvalue weighted by atomic mass is 127. The van der Waals surface area contributed by atoms with Crippen LogP contribution >= 0.6 is 22.6 Å². The van der Waals surface area contributed by atoms with Crippen LogP contribution in [0, 0.1) is 3.57 Å². The summed E-state index contributed by atoms with van der Waals surface area (Å²) in [5.41, 5.74) is 1.46. The molecule has 27 heavy (non-hydrogen) atoms. The molecular weight excluding hydrogens is 475 g/mol. The molecular formula is C20H19IN2O3S. The van der Waals surface area contributed by atoms with Gasteiger partial charge in [-0.3, -0.25) is 9.10 Å². The SMILES string of the molecule is CS(=O)(=O)N(CC(=O)NCc1cccc2ccccc12)c1ccc(I)cc1. The van der Waals surface area contributed by atoms with Gasteiger partial charge in [0, 0.05) is 10.1 Å². The van der Waals surface area contributed by atoms with Crippen molar-refractivity contribution in [3.8, 4) is 0 Å². The summed E-state index contributed by atoms with van der Waals surface area (Å²) in [6.45, 7) is 0.0780. The Hall–Kier alpha value is -2.13. The molecule has 0 heterocycles. The van der Waals surface area contributed by atoms with Crippen molar-refractivity contribution in [2.75, 3.05) is 17.1 Å². The van der Waals surface area contributed by atoms with Crippen LogP contribution in [0.1, 0.15) is 5.56 Å². The molecule has 0 aliphatic heterocycles. The Morgan fingerprint density at radius 3 is 2.37 bits per heavy atom. The van der Waals surface area contributed by atoms with Crippen molar-refractivity contribution < 1.29 is 13.2 Å². The number of hydrogen-bond acceptors (Lipinski definition) is 3. The van der Waals surface area contributed by atoms with Crippen molar-refractivity contribution in [1.29, 1.82) is 0 Å². The summed E-state index contributed by atoms with van der Waals surface area (Å²) >= 11 is 2.15. The second-order valence-corrected chi connectivity index (χ2v) is 9.31. The fourth-order valence-electron chi connectivity index (χ4n) is 2.83. The van der Waals surface area contributed by atoms with E-state index in [0.717, 1.165) is 30.5 Å². The molecule has 0 spiro atoms. The van der Waals surface area contributed by atoms with E-state index in [4.69, 9.17) is 0 Å². The summed E-state index contributed by atoms with van der Waals surface area (Å²) in [7, 11) is -3.57. The van der Waals surface area contributed by atoms with Crippen LogP contribution in [0.3, 0.4) is 0 Å². The van der Waals surface area contributed by atoms with E-state index in [2.05, 4.69) is 27.9 Å². The number of carbonyl (C=O) groups is 1. The summed E-state index contributed by atoms with van der Waals surface area (Å²) in [6, 6.07) is 20.9. The van der Waals surface area contributed by atoms with E-state index in [0.29, 0.717) is 12.2 Å². The van der Waals surface area contributed by atoms with Gasteiger partial charge in [-0.25, -0.2) is 8.42 Å². The number of fused-ring (bicyclic) bond motifs is 1. The number of halogens is 1. The van der Waals surface area contributed by atoms with Crippen molar-refractivity contribution in [2.24, 2.45) is 0 Å². The standard InChI is InChI=1S/C20H19IN2O3S/c1-27(25,26)23(18-11-9-17(21)10-12-18)14-20(24)22-13-16-7-4-6-15-5-2-3-8-19(15)16/h2-12H,13-14H2,1H3,(H,22,24). The summed E-state index contributed by atoms with van der Waals surface area (Å²) < 4.78 is 26.4. The minimum absolute atomic E-state index is 0.260. The number of benzene rings is 3. The van der Waals surface area contributed by atoms with Gasteiger partial charge in [-0.1, -0.05) is 42.5 Å². The first kappa shape index (κ1) is 19.6. The third kappa shape index (κ3) is 4.98. The van der Waals surface area contributed by atoms with Crippen LogP contribution in [-0.4, -0.2) is 27.1 Å². The zero-order valence-corrected chi connectivity index (χ0v) is 17.7. The van der Waals surface area contributed by atoms with Crippen LogP contribution in [0.5, 0.6) is 0 Å². The number of rotatable bonds is 6. The smallest absolute Gasteiger partial charge is 0.241 e. The number of anilines is 1. The normalized spacial score (nSPS) is 11.3. The van der Waals surface area contributed by atoms with Gasteiger partial charge in [0.15, 0.2) is 0 Å². The Bertz CT molecular complexity index is 1060. The first-order valence-electron chi connectivity index (χ1n) is 8.31. The molecule has 0 aliphatic rings. The Morgan fingerprint density at radius 2 is 1.67 bits per heavy atom. The van der Waals surface area contributed by atoms with E-state index in [1.165, 1.54) is 0 Å². The fraction of sp³-hybridized carbons (Fsp3) is 0.150. The van der Waals surface area contributed by atoms with Gasteiger partial charge in [0.25, 0.3) is 0 Å². The number of sulfonamides is 1. The monoisotopic (exact) mass is 494 g/mol. The largest absolute Gasteiger partial charge is 0.350 e. The van der Waals surface area contributed by atoms with Crippen LogP contribution < -0.4 is 9.62 Å². The summed E-state index contributed by atoms with van der Waals surface area (Å²) in [5, 5.41) is 4.99. The first-order chi connectivity index (χ1) is 12.8. The van der Waals surface area contributed by atoms with Crippen LogP contribution in [0.2, 0.25) is 0 Å². The summed E-state index contributed by atoms with van der Waals surface area (Å²) in [5.74, 6) is -0.355. The minimum Gasteiger partial charge on any atom is -0.350 e.